The Morgan fingerprint density at radius 2 is 2.07 bits per heavy atom. The fraction of sp³-hybridized carbons (Fsp3) is 0.500. The lowest BCUT2D eigenvalue weighted by Gasteiger charge is -2.37. The van der Waals surface area contributed by atoms with E-state index in [1.807, 2.05) is 6.08 Å². The van der Waals surface area contributed by atoms with Gasteiger partial charge in [-0.3, -0.25) is 0 Å². The van der Waals surface area contributed by atoms with Gasteiger partial charge in [0.2, 0.25) is 0 Å². The van der Waals surface area contributed by atoms with Crippen LogP contribution < -0.4 is 0 Å². The van der Waals surface area contributed by atoms with Crippen LogP contribution in [0.2, 0.25) is 0 Å². The minimum Gasteiger partial charge on any atom is -0.385 e. The molecule has 0 aromatic rings. The summed E-state index contributed by atoms with van der Waals surface area (Å²) in [7, 11) is 2.07. The third-order valence-electron chi connectivity index (χ3n) is 2.92. The van der Waals surface area contributed by atoms with E-state index in [-0.39, 0.29) is 0 Å². The van der Waals surface area contributed by atoms with Gasteiger partial charge in [0.15, 0.2) is 0 Å². The summed E-state index contributed by atoms with van der Waals surface area (Å²) in [5.41, 5.74) is 1.56. The van der Waals surface area contributed by atoms with Crippen molar-refractivity contribution in [3.05, 3.63) is 35.9 Å². The Balaban J connectivity index is 2.78. The molecule has 1 heterocycles. The number of nitrogens with zero attached hydrogens (tertiary/aromatic N) is 1. The molecule has 0 aromatic carbocycles. The van der Waals surface area contributed by atoms with Crippen molar-refractivity contribution in [1.82, 2.24) is 4.90 Å². The van der Waals surface area contributed by atoms with Crippen LogP contribution in [0.4, 0.5) is 0 Å². The molecule has 0 saturated carbocycles. The number of likely N-dealkylation sites (tertiary alicyclic amines) is 1. The molecule has 2 nitrogen and oxygen atoms in total. The molecule has 84 valence electrons. The summed E-state index contributed by atoms with van der Waals surface area (Å²) in [6.45, 7) is 5.55. The van der Waals surface area contributed by atoms with Crippen molar-refractivity contribution in [3.63, 3.8) is 0 Å². The summed E-state index contributed by atoms with van der Waals surface area (Å²) in [6, 6.07) is 0. The number of rotatable bonds is 3. The fourth-order valence-corrected chi connectivity index (χ4v) is 1.90. The average molecular weight is 228 g/mol. The standard InChI is InChI=1S/C12H18ClNO/c1-3-11(5-4-8-13)12(15)6-9-14(2)10-7-12/h3-5,8,15H,1,6-7,9-10H2,2H3/b8-4+,11-5+. The fourth-order valence-electron chi connectivity index (χ4n) is 1.83. The Bertz CT molecular complexity index is 275. The number of hydrogen-bond acceptors (Lipinski definition) is 2. The monoisotopic (exact) mass is 227 g/mol. The maximum Gasteiger partial charge on any atom is 0.0920 e. The summed E-state index contributed by atoms with van der Waals surface area (Å²) in [6.07, 6.45) is 6.75. The van der Waals surface area contributed by atoms with Crippen LogP contribution in [0, 0.1) is 0 Å². The average Bonchev–Trinajstić information content (AvgIpc) is 2.24. The molecule has 3 heteroatoms. The highest BCUT2D eigenvalue weighted by Crippen LogP contribution is 2.29. The first kappa shape index (κ1) is 12.5. The Morgan fingerprint density at radius 3 is 2.53 bits per heavy atom. The molecule has 0 radical (unpaired) electrons. The summed E-state index contributed by atoms with van der Waals surface area (Å²) >= 11 is 5.46. The van der Waals surface area contributed by atoms with E-state index in [2.05, 4.69) is 18.5 Å². The van der Waals surface area contributed by atoms with Crippen molar-refractivity contribution in [3.8, 4) is 0 Å². The van der Waals surface area contributed by atoms with Crippen molar-refractivity contribution in [2.75, 3.05) is 20.1 Å². The zero-order valence-corrected chi connectivity index (χ0v) is 9.87. The van der Waals surface area contributed by atoms with Crippen LogP contribution in [0.3, 0.4) is 0 Å². The van der Waals surface area contributed by atoms with Crippen LogP contribution >= 0.6 is 11.6 Å². The Labute approximate surface area is 96.5 Å². The highest BCUT2D eigenvalue weighted by Gasteiger charge is 2.33. The maximum absolute atomic E-state index is 10.4. The molecule has 1 aliphatic heterocycles. The topological polar surface area (TPSA) is 23.5 Å². The van der Waals surface area contributed by atoms with Gasteiger partial charge < -0.3 is 10.0 Å². The summed E-state index contributed by atoms with van der Waals surface area (Å²) in [4.78, 5) is 2.21. The van der Waals surface area contributed by atoms with Crippen LogP contribution in [0.25, 0.3) is 0 Å². The second-order valence-corrected chi connectivity index (χ2v) is 4.23. The lowest BCUT2D eigenvalue weighted by atomic mass is 9.84. The first-order valence-corrected chi connectivity index (χ1v) is 5.57. The first-order chi connectivity index (χ1) is 7.12. The Morgan fingerprint density at radius 1 is 1.47 bits per heavy atom. The van der Waals surface area contributed by atoms with Crippen LogP contribution in [-0.4, -0.2) is 35.7 Å². The van der Waals surface area contributed by atoms with E-state index in [1.165, 1.54) is 5.54 Å². The molecule has 15 heavy (non-hydrogen) atoms. The van der Waals surface area contributed by atoms with E-state index in [1.54, 1.807) is 12.2 Å². The van der Waals surface area contributed by atoms with Gasteiger partial charge in [0.1, 0.15) is 0 Å². The van der Waals surface area contributed by atoms with E-state index in [0.717, 1.165) is 31.5 Å². The molecule has 0 spiro atoms. The molecule has 0 atom stereocenters. The lowest BCUT2D eigenvalue weighted by molar-refractivity contribution is 0.0193. The highest BCUT2D eigenvalue weighted by molar-refractivity contribution is 6.25. The Kier molecular flexibility index (Phi) is 4.58. The predicted octanol–water partition coefficient (Wildman–Crippen LogP) is 2.31. The molecule has 1 N–H and O–H groups in total. The van der Waals surface area contributed by atoms with Crippen molar-refractivity contribution in [1.29, 1.82) is 0 Å². The molecule has 1 rings (SSSR count). The lowest BCUT2D eigenvalue weighted by Crippen LogP contribution is -2.43. The zero-order chi connectivity index (χ0) is 11.3. The van der Waals surface area contributed by atoms with Crippen LogP contribution in [0.15, 0.2) is 35.9 Å². The van der Waals surface area contributed by atoms with Gasteiger partial charge >= 0.3 is 0 Å². The molecule has 0 amide bonds. The van der Waals surface area contributed by atoms with Crippen LogP contribution in [-0.2, 0) is 0 Å². The molecule has 1 aliphatic rings. The predicted molar refractivity (Wildman–Crippen MR) is 65.0 cm³/mol. The number of allylic oxidation sites excluding steroid dienone is 2. The van der Waals surface area contributed by atoms with E-state index in [9.17, 15) is 5.11 Å². The number of aliphatic hydroxyl groups is 1. The van der Waals surface area contributed by atoms with Gasteiger partial charge in [-0.05, 0) is 25.5 Å². The SMILES string of the molecule is C=C/C(=C\C=C\Cl)C1(O)CCN(C)CC1. The van der Waals surface area contributed by atoms with E-state index >= 15 is 0 Å². The van der Waals surface area contributed by atoms with E-state index < -0.39 is 5.60 Å². The van der Waals surface area contributed by atoms with Crippen molar-refractivity contribution in [2.45, 2.75) is 18.4 Å². The van der Waals surface area contributed by atoms with E-state index in [0.29, 0.717) is 0 Å². The van der Waals surface area contributed by atoms with Gasteiger partial charge in [-0.15, -0.1) is 0 Å². The molecular formula is C12H18ClNO. The largest absolute Gasteiger partial charge is 0.385 e. The first-order valence-electron chi connectivity index (χ1n) is 5.13. The zero-order valence-electron chi connectivity index (χ0n) is 9.12. The summed E-state index contributed by atoms with van der Waals surface area (Å²) in [5, 5.41) is 10.4. The van der Waals surface area contributed by atoms with Gasteiger partial charge in [-0.25, -0.2) is 0 Å². The second-order valence-electron chi connectivity index (χ2n) is 3.98. The molecular weight excluding hydrogens is 210 g/mol. The van der Waals surface area contributed by atoms with Crippen molar-refractivity contribution < 1.29 is 5.11 Å². The molecule has 1 fully saturated rings. The number of piperidine rings is 1. The second kappa shape index (κ2) is 5.50. The summed E-state index contributed by atoms with van der Waals surface area (Å²) in [5.74, 6) is 0. The normalized spacial score (nSPS) is 23.3. The molecule has 0 unspecified atom stereocenters. The molecule has 0 aliphatic carbocycles. The van der Waals surface area contributed by atoms with Gasteiger partial charge in [0, 0.05) is 18.6 Å². The minimum absolute atomic E-state index is 0.731. The highest BCUT2D eigenvalue weighted by atomic mass is 35.5. The quantitative estimate of drug-likeness (QED) is 0.748. The number of hydrogen-bond donors (Lipinski definition) is 1. The van der Waals surface area contributed by atoms with Gasteiger partial charge in [0.25, 0.3) is 0 Å². The van der Waals surface area contributed by atoms with Gasteiger partial charge in [0.05, 0.1) is 5.60 Å². The van der Waals surface area contributed by atoms with Crippen LogP contribution in [0.1, 0.15) is 12.8 Å². The third kappa shape index (κ3) is 3.20. The molecule has 1 saturated heterocycles. The van der Waals surface area contributed by atoms with E-state index in [4.69, 9.17) is 11.6 Å². The minimum atomic E-state index is -0.731. The van der Waals surface area contributed by atoms with Crippen molar-refractivity contribution in [2.24, 2.45) is 0 Å². The molecule has 0 bridgehead atoms. The smallest absolute Gasteiger partial charge is 0.0920 e. The summed E-state index contributed by atoms with van der Waals surface area (Å²) < 4.78 is 0. The van der Waals surface area contributed by atoms with Gasteiger partial charge in [-0.2, -0.15) is 0 Å². The third-order valence-corrected chi connectivity index (χ3v) is 3.07. The van der Waals surface area contributed by atoms with Crippen molar-refractivity contribution >= 4 is 11.6 Å². The maximum atomic E-state index is 10.4. The number of halogens is 1. The van der Waals surface area contributed by atoms with Crippen LogP contribution in [0.5, 0.6) is 0 Å². The molecule has 0 aromatic heterocycles. The van der Waals surface area contributed by atoms with Gasteiger partial charge in [-0.1, -0.05) is 36.4 Å². The Hall–Kier alpha value is -0.570.